The summed E-state index contributed by atoms with van der Waals surface area (Å²) in [5.41, 5.74) is 1.25. The second-order valence-corrected chi connectivity index (χ2v) is 5.86. The summed E-state index contributed by atoms with van der Waals surface area (Å²) in [6.45, 7) is 5.71. The van der Waals surface area contributed by atoms with Crippen LogP contribution in [0.1, 0.15) is 31.9 Å². The third-order valence-corrected chi connectivity index (χ3v) is 3.61. The number of nitrogens with one attached hydrogen (secondary N) is 1. The first kappa shape index (κ1) is 15.2. The molecule has 4 heteroatoms. The predicted molar refractivity (Wildman–Crippen MR) is 77.6 cm³/mol. The van der Waals surface area contributed by atoms with Gasteiger partial charge in [-0.3, -0.25) is 4.21 Å². The summed E-state index contributed by atoms with van der Waals surface area (Å²) in [6, 6.07) is 8.48. The van der Waals surface area contributed by atoms with Crippen LogP contribution in [0.3, 0.4) is 0 Å². The minimum Gasteiger partial charge on any atom is -0.494 e. The van der Waals surface area contributed by atoms with Crippen molar-refractivity contribution in [1.29, 1.82) is 0 Å². The average Bonchev–Trinajstić information content (AvgIpc) is 2.35. The predicted octanol–water partition coefficient (Wildman–Crippen LogP) is 2.50. The summed E-state index contributed by atoms with van der Waals surface area (Å²) in [6.07, 6.45) is 2.69. The number of ether oxygens (including phenoxy) is 1. The fraction of sp³-hybridized carbons (Fsp3) is 0.571. The maximum Gasteiger partial charge on any atom is 0.119 e. The number of hydrogen-bond acceptors (Lipinski definition) is 3. The van der Waals surface area contributed by atoms with Crippen molar-refractivity contribution >= 4 is 10.8 Å². The molecular formula is C14H23NO2S. The van der Waals surface area contributed by atoms with Gasteiger partial charge in [0.05, 0.1) is 6.61 Å². The van der Waals surface area contributed by atoms with Crippen molar-refractivity contribution in [2.45, 2.75) is 26.3 Å². The Morgan fingerprint density at radius 3 is 2.56 bits per heavy atom. The van der Waals surface area contributed by atoms with Gasteiger partial charge >= 0.3 is 0 Å². The quantitative estimate of drug-likeness (QED) is 0.737. The van der Waals surface area contributed by atoms with E-state index in [1.807, 2.05) is 19.1 Å². The lowest BCUT2D eigenvalue weighted by Gasteiger charge is -2.14. The fourth-order valence-corrected chi connectivity index (χ4v) is 2.28. The molecule has 1 rings (SSSR count). The Morgan fingerprint density at radius 1 is 1.33 bits per heavy atom. The largest absolute Gasteiger partial charge is 0.494 e. The van der Waals surface area contributed by atoms with E-state index in [1.165, 1.54) is 5.56 Å². The van der Waals surface area contributed by atoms with Gasteiger partial charge in [-0.25, -0.2) is 0 Å². The van der Waals surface area contributed by atoms with Crippen LogP contribution in [0.25, 0.3) is 0 Å². The lowest BCUT2D eigenvalue weighted by Crippen LogP contribution is -2.21. The lowest BCUT2D eigenvalue weighted by molar-refractivity contribution is 0.340. The fourth-order valence-electron chi connectivity index (χ4n) is 1.73. The Balaban J connectivity index is 2.36. The minimum atomic E-state index is -0.687. The Kier molecular flexibility index (Phi) is 6.98. The molecule has 0 spiro atoms. The molecule has 0 aliphatic carbocycles. The number of rotatable bonds is 8. The van der Waals surface area contributed by atoms with Gasteiger partial charge < -0.3 is 10.1 Å². The molecule has 1 N–H and O–H groups in total. The van der Waals surface area contributed by atoms with Crippen molar-refractivity contribution in [3.8, 4) is 5.75 Å². The van der Waals surface area contributed by atoms with Crippen LogP contribution in [0.5, 0.6) is 5.75 Å². The van der Waals surface area contributed by atoms with Gasteiger partial charge in [-0.15, -0.1) is 0 Å². The molecule has 0 aliphatic heterocycles. The molecule has 1 aromatic rings. The number of benzene rings is 1. The molecule has 0 radical (unpaired) electrons. The highest BCUT2D eigenvalue weighted by atomic mass is 32.2. The van der Waals surface area contributed by atoms with Gasteiger partial charge in [0.25, 0.3) is 0 Å². The molecule has 0 saturated heterocycles. The van der Waals surface area contributed by atoms with E-state index in [9.17, 15) is 4.21 Å². The SMILES string of the molecule is CCOc1ccc(C(C)NCCCS(C)=O)cc1. The molecule has 0 heterocycles. The third kappa shape index (κ3) is 5.65. The summed E-state index contributed by atoms with van der Waals surface area (Å²) >= 11 is 0. The van der Waals surface area contributed by atoms with Crippen LogP contribution in [0.2, 0.25) is 0 Å². The van der Waals surface area contributed by atoms with Crippen molar-refractivity contribution in [2.24, 2.45) is 0 Å². The van der Waals surface area contributed by atoms with Crippen molar-refractivity contribution in [2.75, 3.05) is 25.2 Å². The summed E-state index contributed by atoms with van der Waals surface area (Å²) in [5.74, 6) is 1.68. The van der Waals surface area contributed by atoms with Crippen molar-refractivity contribution in [3.05, 3.63) is 29.8 Å². The Morgan fingerprint density at radius 2 is 2.00 bits per heavy atom. The second-order valence-electron chi connectivity index (χ2n) is 4.31. The first-order chi connectivity index (χ1) is 8.63. The highest BCUT2D eigenvalue weighted by Gasteiger charge is 2.04. The van der Waals surface area contributed by atoms with E-state index in [2.05, 4.69) is 24.4 Å². The van der Waals surface area contributed by atoms with Gasteiger partial charge in [0, 0.05) is 28.9 Å². The summed E-state index contributed by atoms with van der Waals surface area (Å²) < 4.78 is 16.3. The third-order valence-electron chi connectivity index (χ3n) is 2.75. The van der Waals surface area contributed by atoms with Crippen LogP contribution in [0.4, 0.5) is 0 Å². The van der Waals surface area contributed by atoms with E-state index >= 15 is 0 Å². The molecule has 0 aliphatic rings. The smallest absolute Gasteiger partial charge is 0.119 e. The molecule has 0 amide bonds. The zero-order valence-corrected chi connectivity index (χ0v) is 12.3. The van der Waals surface area contributed by atoms with Crippen LogP contribution in [-0.4, -0.2) is 29.4 Å². The zero-order valence-electron chi connectivity index (χ0n) is 11.4. The molecule has 0 saturated carbocycles. The van der Waals surface area contributed by atoms with Gasteiger partial charge in [0.15, 0.2) is 0 Å². The molecule has 0 aromatic heterocycles. The van der Waals surface area contributed by atoms with Gasteiger partial charge in [-0.05, 0) is 44.5 Å². The Labute approximate surface area is 112 Å². The molecule has 3 nitrogen and oxygen atoms in total. The van der Waals surface area contributed by atoms with Crippen LogP contribution >= 0.6 is 0 Å². The van der Waals surface area contributed by atoms with Gasteiger partial charge in [-0.1, -0.05) is 12.1 Å². The first-order valence-electron chi connectivity index (χ1n) is 6.39. The molecule has 2 unspecified atom stereocenters. The molecule has 102 valence electrons. The summed E-state index contributed by atoms with van der Waals surface area (Å²) in [7, 11) is -0.687. The monoisotopic (exact) mass is 269 g/mol. The van der Waals surface area contributed by atoms with Crippen LogP contribution in [-0.2, 0) is 10.8 Å². The molecule has 1 aromatic carbocycles. The highest BCUT2D eigenvalue weighted by Crippen LogP contribution is 2.17. The molecule has 0 bridgehead atoms. The van der Waals surface area contributed by atoms with Crippen molar-refractivity contribution < 1.29 is 8.95 Å². The Bertz CT molecular complexity index is 365. The van der Waals surface area contributed by atoms with E-state index in [0.29, 0.717) is 12.6 Å². The van der Waals surface area contributed by atoms with Gasteiger partial charge in [-0.2, -0.15) is 0 Å². The van der Waals surface area contributed by atoms with E-state index in [1.54, 1.807) is 6.26 Å². The second kappa shape index (κ2) is 8.27. The van der Waals surface area contributed by atoms with Gasteiger partial charge in [0.1, 0.15) is 5.75 Å². The summed E-state index contributed by atoms with van der Waals surface area (Å²) in [5, 5.41) is 3.43. The topological polar surface area (TPSA) is 38.3 Å². The normalized spacial score (nSPS) is 14.2. The Hall–Kier alpha value is -0.870. The summed E-state index contributed by atoms with van der Waals surface area (Å²) in [4.78, 5) is 0. The number of hydrogen-bond donors (Lipinski definition) is 1. The first-order valence-corrected chi connectivity index (χ1v) is 8.12. The van der Waals surface area contributed by atoms with Crippen LogP contribution < -0.4 is 10.1 Å². The van der Waals surface area contributed by atoms with E-state index in [-0.39, 0.29) is 0 Å². The van der Waals surface area contributed by atoms with Crippen LogP contribution in [0, 0.1) is 0 Å². The van der Waals surface area contributed by atoms with Crippen LogP contribution in [0.15, 0.2) is 24.3 Å². The van der Waals surface area contributed by atoms with Crippen molar-refractivity contribution in [1.82, 2.24) is 5.32 Å². The van der Waals surface area contributed by atoms with Crippen molar-refractivity contribution in [3.63, 3.8) is 0 Å². The molecule has 2 atom stereocenters. The zero-order chi connectivity index (χ0) is 13.4. The van der Waals surface area contributed by atoms with E-state index < -0.39 is 10.8 Å². The molecule has 18 heavy (non-hydrogen) atoms. The van der Waals surface area contributed by atoms with E-state index in [4.69, 9.17) is 4.74 Å². The minimum absolute atomic E-state index is 0.311. The maximum atomic E-state index is 10.9. The van der Waals surface area contributed by atoms with Gasteiger partial charge in [0.2, 0.25) is 0 Å². The highest BCUT2D eigenvalue weighted by molar-refractivity contribution is 7.84. The molecular weight excluding hydrogens is 246 g/mol. The average molecular weight is 269 g/mol. The maximum absolute atomic E-state index is 10.9. The standard InChI is InChI=1S/C14H23NO2S/c1-4-17-14-8-6-13(7-9-14)12(2)15-10-5-11-18(3)16/h6-9,12,15H,4-5,10-11H2,1-3H3. The lowest BCUT2D eigenvalue weighted by atomic mass is 10.1. The van der Waals surface area contributed by atoms with E-state index in [0.717, 1.165) is 24.5 Å². The molecule has 0 fully saturated rings.